The molecular formula is C18H22O3. The Hall–Kier alpha value is -2.03. The number of benzene rings is 2. The van der Waals surface area contributed by atoms with Gasteiger partial charge in [0.05, 0.1) is 13.2 Å². The standard InChI is InChI=1S/C18H22O3/c1-4-10-20-16-12-14-8-6-7-9-15(14)18(21-11-5-2)17(16)13(3)19/h6-9,12H,4-5,10-11H2,1-3H3. The van der Waals surface area contributed by atoms with Crippen LogP contribution in [0.25, 0.3) is 10.8 Å². The van der Waals surface area contributed by atoms with Crippen LogP contribution >= 0.6 is 0 Å². The fraction of sp³-hybridized carbons (Fsp3) is 0.389. The summed E-state index contributed by atoms with van der Waals surface area (Å²) in [5.74, 6) is 1.24. The van der Waals surface area contributed by atoms with Gasteiger partial charge >= 0.3 is 0 Å². The SMILES string of the molecule is CCCOc1cc2ccccc2c(OCCC)c1C(C)=O. The van der Waals surface area contributed by atoms with Crippen LogP contribution in [-0.2, 0) is 0 Å². The third-order valence-corrected chi connectivity index (χ3v) is 3.23. The third kappa shape index (κ3) is 3.35. The maximum atomic E-state index is 12.1. The molecular weight excluding hydrogens is 264 g/mol. The summed E-state index contributed by atoms with van der Waals surface area (Å²) in [6.45, 7) is 6.82. The second-order valence-corrected chi connectivity index (χ2v) is 5.05. The molecule has 2 rings (SSSR count). The number of ether oxygens (including phenoxy) is 2. The number of fused-ring (bicyclic) bond motifs is 1. The van der Waals surface area contributed by atoms with E-state index >= 15 is 0 Å². The number of ketones is 1. The van der Waals surface area contributed by atoms with Crippen molar-refractivity contribution in [2.24, 2.45) is 0 Å². The topological polar surface area (TPSA) is 35.5 Å². The minimum absolute atomic E-state index is 0.0297. The van der Waals surface area contributed by atoms with Crippen molar-refractivity contribution in [1.82, 2.24) is 0 Å². The van der Waals surface area contributed by atoms with E-state index in [1.807, 2.05) is 44.2 Å². The molecule has 0 unspecified atom stereocenters. The predicted molar refractivity (Wildman–Crippen MR) is 85.5 cm³/mol. The first kappa shape index (κ1) is 15.4. The zero-order valence-electron chi connectivity index (χ0n) is 12.9. The van der Waals surface area contributed by atoms with Crippen LogP contribution in [0.1, 0.15) is 44.0 Å². The van der Waals surface area contributed by atoms with Gasteiger partial charge in [-0.1, -0.05) is 38.1 Å². The van der Waals surface area contributed by atoms with Crippen molar-refractivity contribution in [3.8, 4) is 11.5 Å². The van der Waals surface area contributed by atoms with Crippen molar-refractivity contribution < 1.29 is 14.3 Å². The van der Waals surface area contributed by atoms with Crippen molar-refractivity contribution in [3.63, 3.8) is 0 Å². The lowest BCUT2D eigenvalue weighted by atomic mass is 10.0. The number of carbonyl (C=O) groups is 1. The van der Waals surface area contributed by atoms with Crippen molar-refractivity contribution in [3.05, 3.63) is 35.9 Å². The van der Waals surface area contributed by atoms with Crippen LogP contribution in [0.4, 0.5) is 0 Å². The molecule has 112 valence electrons. The smallest absolute Gasteiger partial charge is 0.167 e. The van der Waals surface area contributed by atoms with Gasteiger partial charge < -0.3 is 9.47 Å². The molecule has 0 aliphatic carbocycles. The lowest BCUT2D eigenvalue weighted by molar-refractivity contribution is 0.101. The molecule has 0 saturated heterocycles. The lowest BCUT2D eigenvalue weighted by Crippen LogP contribution is -2.07. The van der Waals surface area contributed by atoms with Crippen molar-refractivity contribution >= 4 is 16.6 Å². The Labute approximate surface area is 125 Å². The Morgan fingerprint density at radius 1 is 1.05 bits per heavy atom. The van der Waals surface area contributed by atoms with Crippen molar-refractivity contribution in [2.45, 2.75) is 33.6 Å². The zero-order chi connectivity index (χ0) is 15.2. The summed E-state index contributed by atoms with van der Waals surface area (Å²) in [6.07, 6.45) is 1.79. The van der Waals surface area contributed by atoms with E-state index in [-0.39, 0.29) is 5.78 Å². The summed E-state index contributed by atoms with van der Waals surface area (Å²) in [4.78, 5) is 12.1. The molecule has 0 heterocycles. The Morgan fingerprint density at radius 2 is 1.71 bits per heavy atom. The molecule has 2 aromatic rings. The summed E-state index contributed by atoms with van der Waals surface area (Å²) < 4.78 is 11.7. The minimum Gasteiger partial charge on any atom is -0.493 e. The van der Waals surface area contributed by atoms with E-state index in [2.05, 4.69) is 0 Å². The molecule has 0 radical (unpaired) electrons. The Balaban J connectivity index is 2.64. The van der Waals surface area contributed by atoms with Gasteiger partial charge in [0.2, 0.25) is 0 Å². The second-order valence-electron chi connectivity index (χ2n) is 5.05. The molecule has 21 heavy (non-hydrogen) atoms. The van der Waals surface area contributed by atoms with Gasteiger partial charge in [0.15, 0.2) is 5.78 Å². The molecule has 0 fully saturated rings. The fourth-order valence-corrected chi connectivity index (χ4v) is 2.30. The van der Waals surface area contributed by atoms with Gasteiger partial charge in [-0.3, -0.25) is 4.79 Å². The van der Waals surface area contributed by atoms with Gasteiger partial charge in [-0.05, 0) is 31.2 Å². The van der Waals surface area contributed by atoms with Crippen molar-refractivity contribution in [1.29, 1.82) is 0 Å². The van der Waals surface area contributed by atoms with Crippen LogP contribution in [0.2, 0.25) is 0 Å². The second kappa shape index (κ2) is 7.11. The van der Waals surface area contributed by atoms with Crippen molar-refractivity contribution in [2.75, 3.05) is 13.2 Å². The summed E-state index contributed by atoms with van der Waals surface area (Å²) in [7, 11) is 0. The van der Waals surface area contributed by atoms with Gasteiger partial charge in [0.1, 0.15) is 17.1 Å². The molecule has 0 N–H and O–H groups in total. The average Bonchev–Trinajstić information content (AvgIpc) is 2.49. The van der Waals surface area contributed by atoms with Crippen LogP contribution < -0.4 is 9.47 Å². The van der Waals surface area contributed by atoms with E-state index in [9.17, 15) is 4.79 Å². The van der Waals surface area contributed by atoms with Gasteiger partial charge in [0.25, 0.3) is 0 Å². The molecule has 0 bridgehead atoms. The maximum Gasteiger partial charge on any atom is 0.167 e. The van der Waals surface area contributed by atoms with Crippen LogP contribution in [0, 0.1) is 0 Å². The fourth-order valence-electron chi connectivity index (χ4n) is 2.30. The van der Waals surface area contributed by atoms with E-state index in [0.717, 1.165) is 23.6 Å². The minimum atomic E-state index is -0.0297. The monoisotopic (exact) mass is 286 g/mol. The number of rotatable bonds is 7. The summed E-state index contributed by atoms with van der Waals surface area (Å²) in [5.41, 5.74) is 0.551. The predicted octanol–water partition coefficient (Wildman–Crippen LogP) is 4.62. The van der Waals surface area contributed by atoms with Gasteiger partial charge in [-0.15, -0.1) is 0 Å². The third-order valence-electron chi connectivity index (χ3n) is 3.23. The number of Topliss-reactive ketones (excluding diaryl/α,β-unsaturated/α-hetero) is 1. The molecule has 3 nitrogen and oxygen atoms in total. The Bertz CT molecular complexity index is 632. The quantitative estimate of drug-likeness (QED) is 0.697. The first-order valence-electron chi connectivity index (χ1n) is 7.51. The van der Waals surface area contributed by atoms with E-state index < -0.39 is 0 Å². The molecule has 0 amide bonds. The van der Waals surface area contributed by atoms with Crippen LogP contribution in [0.3, 0.4) is 0 Å². The van der Waals surface area contributed by atoms with E-state index in [0.29, 0.717) is 30.3 Å². The normalized spacial score (nSPS) is 10.6. The highest BCUT2D eigenvalue weighted by molar-refractivity contribution is 6.06. The summed E-state index contributed by atoms with van der Waals surface area (Å²) in [6, 6.07) is 9.86. The van der Waals surface area contributed by atoms with Crippen LogP contribution in [0.5, 0.6) is 11.5 Å². The lowest BCUT2D eigenvalue weighted by Gasteiger charge is -2.17. The Morgan fingerprint density at radius 3 is 2.38 bits per heavy atom. The summed E-state index contributed by atoms with van der Waals surface area (Å²) >= 11 is 0. The molecule has 0 aliphatic heterocycles. The number of hydrogen-bond donors (Lipinski definition) is 0. The highest BCUT2D eigenvalue weighted by Crippen LogP contribution is 2.37. The van der Waals surface area contributed by atoms with E-state index in [4.69, 9.17) is 9.47 Å². The zero-order valence-corrected chi connectivity index (χ0v) is 12.9. The first-order chi connectivity index (χ1) is 10.2. The maximum absolute atomic E-state index is 12.1. The van der Waals surface area contributed by atoms with Crippen LogP contribution in [0.15, 0.2) is 30.3 Å². The molecule has 0 atom stereocenters. The van der Waals surface area contributed by atoms with Crippen LogP contribution in [-0.4, -0.2) is 19.0 Å². The number of hydrogen-bond acceptors (Lipinski definition) is 3. The highest BCUT2D eigenvalue weighted by Gasteiger charge is 2.19. The first-order valence-corrected chi connectivity index (χ1v) is 7.51. The van der Waals surface area contributed by atoms with Gasteiger partial charge in [-0.2, -0.15) is 0 Å². The van der Waals surface area contributed by atoms with E-state index in [1.165, 1.54) is 0 Å². The molecule has 0 saturated carbocycles. The molecule has 3 heteroatoms. The average molecular weight is 286 g/mol. The summed E-state index contributed by atoms with van der Waals surface area (Å²) in [5, 5.41) is 1.99. The number of carbonyl (C=O) groups excluding carboxylic acids is 1. The highest BCUT2D eigenvalue weighted by atomic mass is 16.5. The largest absolute Gasteiger partial charge is 0.493 e. The molecule has 0 aromatic heterocycles. The Kier molecular flexibility index (Phi) is 5.20. The van der Waals surface area contributed by atoms with Gasteiger partial charge in [0, 0.05) is 5.39 Å². The molecule has 2 aromatic carbocycles. The molecule has 0 spiro atoms. The van der Waals surface area contributed by atoms with Gasteiger partial charge in [-0.25, -0.2) is 0 Å². The molecule has 0 aliphatic rings. The van der Waals surface area contributed by atoms with E-state index in [1.54, 1.807) is 6.92 Å².